The number of hydrogen-bond donors (Lipinski definition) is 1. The Balaban J connectivity index is 2.47. The van der Waals surface area contributed by atoms with E-state index in [0.717, 1.165) is 6.42 Å². The van der Waals surface area contributed by atoms with Crippen LogP contribution < -0.4 is 5.32 Å². The molecule has 0 saturated carbocycles. The molecule has 1 N–H and O–H groups in total. The highest BCUT2D eigenvalue weighted by Crippen LogP contribution is 2.03. The van der Waals surface area contributed by atoms with Crippen LogP contribution in [0.1, 0.15) is 23.8 Å². The van der Waals surface area contributed by atoms with E-state index in [-0.39, 0.29) is 5.91 Å². The minimum absolute atomic E-state index is 0.0806. The van der Waals surface area contributed by atoms with Crippen molar-refractivity contribution in [2.45, 2.75) is 18.2 Å². The van der Waals surface area contributed by atoms with Crippen molar-refractivity contribution in [3.8, 4) is 0 Å². The molecule has 0 fully saturated rings. The molecular weight excluding hydrogens is 246 g/mol. The molecule has 1 rings (SSSR count). The zero-order chi connectivity index (χ0) is 10.6. The second kappa shape index (κ2) is 5.14. The molecule has 5 heteroatoms. The molecule has 1 atom stereocenters. The highest BCUT2D eigenvalue weighted by Gasteiger charge is 2.10. The second-order valence-electron chi connectivity index (χ2n) is 3.06. The van der Waals surface area contributed by atoms with Crippen molar-refractivity contribution in [1.82, 2.24) is 15.1 Å². The van der Waals surface area contributed by atoms with Gasteiger partial charge in [-0.2, -0.15) is 5.10 Å². The Morgan fingerprint density at radius 2 is 2.50 bits per heavy atom. The molecule has 0 aliphatic carbocycles. The van der Waals surface area contributed by atoms with Gasteiger partial charge in [0, 0.05) is 24.6 Å². The van der Waals surface area contributed by atoms with Gasteiger partial charge >= 0.3 is 0 Å². The molecule has 0 aromatic carbocycles. The van der Waals surface area contributed by atoms with Gasteiger partial charge in [0.15, 0.2) is 0 Å². The molecule has 1 amide bonds. The first-order valence-electron chi connectivity index (χ1n) is 4.55. The fourth-order valence-corrected chi connectivity index (χ4v) is 1.20. The summed E-state index contributed by atoms with van der Waals surface area (Å²) in [5, 5.41) is 6.76. The maximum atomic E-state index is 11.6. The normalized spacial score (nSPS) is 12.5. The molecule has 0 spiro atoms. The molecule has 78 valence electrons. The summed E-state index contributed by atoms with van der Waals surface area (Å²) in [6.07, 6.45) is 2.60. The van der Waals surface area contributed by atoms with Gasteiger partial charge in [-0.1, -0.05) is 22.9 Å². The fraction of sp³-hybridized carbons (Fsp3) is 0.556. The largest absolute Gasteiger partial charge is 0.350 e. The summed E-state index contributed by atoms with van der Waals surface area (Å²) in [4.78, 5) is 11.9. The average Bonchev–Trinajstić information content (AvgIpc) is 2.60. The third-order valence-electron chi connectivity index (χ3n) is 1.98. The Bertz CT molecular complexity index is 311. The third kappa shape index (κ3) is 2.83. The van der Waals surface area contributed by atoms with E-state index < -0.39 is 0 Å². The van der Waals surface area contributed by atoms with Crippen molar-refractivity contribution < 1.29 is 4.79 Å². The predicted octanol–water partition coefficient (Wildman–Crippen LogP) is 1.32. The lowest BCUT2D eigenvalue weighted by atomic mass is 10.3. The van der Waals surface area contributed by atoms with Crippen molar-refractivity contribution in [3.05, 3.63) is 18.0 Å². The van der Waals surface area contributed by atoms with Crippen LogP contribution in [0, 0.1) is 0 Å². The Hall–Kier alpha value is -0.840. The minimum atomic E-state index is -0.0806. The number of hydrogen-bond acceptors (Lipinski definition) is 2. The Kier molecular flexibility index (Phi) is 4.13. The summed E-state index contributed by atoms with van der Waals surface area (Å²) >= 11 is 3.45. The van der Waals surface area contributed by atoms with Crippen LogP contribution in [-0.4, -0.2) is 27.1 Å². The monoisotopic (exact) mass is 259 g/mol. The van der Waals surface area contributed by atoms with Crippen LogP contribution in [0.4, 0.5) is 0 Å². The Morgan fingerprint density at radius 3 is 3.00 bits per heavy atom. The standard InChI is InChI=1S/C9H14BrN3O/c1-3-7(10)6-11-9(14)8-4-5-12-13(8)2/h4-5,7H,3,6H2,1-2H3,(H,11,14). The summed E-state index contributed by atoms with van der Waals surface area (Å²) in [5.41, 5.74) is 0.584. The molecule has 0 aliphatic heterocycles. The summed E-state index contributed by atoms with van der Waals surface area (Å²) in [6, 6.07) is 1.70. The number of carbonyl (C=O) groups excluding carboxylic acids is 1. The summed E-state index contributed by atoms with van der Waals surface area (Å²) in [6.45, 7) is 2.70. The van der Waals surface area contributed by atoms with E-state index >= 15 is 0 Å². The molecular formula is C9H14BrN3O. The Labute approximate surface area is 91.8 Å². The van der Waals surface area contributed by atoms with E-state index in [1.807, 2.05) is 0 Å². The number of carbonyl (C=O) groups is 1. The van der Waals surface area contributed by atoms with Crippen molar-refractivity contribution in [2.24, 2.45) is 7.05 Å². The van der Waals surface area contributed by atoms with Crippen LogP contribution in [0.15, 0.2) is 12.3 Å². The van der Waals surface area contributed by atoms with Crippen molar-refractivity contribution in [1.29, 1.82) is 0 Å². The molecule has 0 radical (unpaired) electrons. The van der Waals surface area contributed by atoms with Crippen molar-refractivity contribution in [2.75, 3.05) is 6.54 Å². The zero-order valence-electron chi connectivity index (χ0n) is 8.33. The van der Waals surface area contributed by atoms with Crippen molar-refractivity contribution in [3.63, 3.8) is 0 Å². The third-order valence-corrected chi connectivity index (χ3v) is 2.95. The minimum Gasteiger partial charge on any atom is -0.350 e. The maximum absolute atomic E-state index is 11.6. The van der Waals surface area contributed by atoms with Gasteiger partial charge in [-0.15, -0.1) is 0 Å². The lowest BCUT2D eigenvalue weighted by Crippen LogP contribution is -2.30. The summed E-state index contributed by atoms with van der Waals surface area (Å²) in [7, 11) is 1.75. The fourth-order valence-electron chi connectivity index (χ4n) is 1.03. The van der Waals surface area contributed by atoms with Gasteiger partial charge in [0.25, 0.3) is 5.91 Å². The highest BCUT2D eigenvalue weighted by molar-refractivity contribution is 9.09. The van der Waals surface area contributed by atoms with Gasteiger partial charge in [0.1, 0.15) is 5.69 Å². The number of aromatic nitrogens is 2. The molecule has 4 nitrogen and oxygen atoms in total. The number of nitrogens with one attached hydrogen (secondary N) is 1. The van der Waals surface area contributed by atoms with E-state index in [1.54, 1.807) is 24.0 Å². The lowest BCUT2D eigenvalue weighted by Gasteiger charge is -2.08. The number of alkyl halides is 1. The van der Waals surface area contributed by atoms with Crippen LogP contribution in [0.5, 0.6) is 0 Å². The van der Waals surface area contributed by atoms with E-state index in [2.05, 4.69) is 33.3 Å². The molecule has 0 aliphatic rings. The molecule has 0 saturated heterocycles. The molecule has 14 heavy (non-hydrogen) atoms. The number of rotatable bonds is 4. The van der Waals surface area contributed by atoms with E-state index in [4.69, 9.17) is 0 Å². The quantitative estimate of drug-likeness (QED) is 0.830. The Morgan fingerprint density at radius 1 is 1.79 bits per heavy atom. The number of nitrogens with zero attached hydrogens (tertiary/aromatic N) is 2. The number of aryl methyl sites for hydroxylation is 1. The number of amides is 1. The molecule has 1 heterocycles. The molecule has 1 aromatic heterocycles. The van der Waals surface area contributed by atoms with Gasteiger partial charge in [-0.05, 0) is 12.5 Å². The van der Waals surface area contributed by atoms with Gasteiger partial charge in [-0.25, -0.2) is 0 Å². The first-order valence-corrected chi connectivity index (χ1v) is 5.47. The molecule has 0 bridgehead atoms. The van der Waals surface area contributed by atoms with Crippen LogP contribution in [0.2, 0.25) is 0 Å². The molecule has 1 unspecified atom stereocenters. The van der Waals surface area contributed by atoms with Crippen LogP contribution in [0.3, 0.4) is 0 Å². The van der Waals surface area contributed by atoms with Gasteiger partial charge in [0.2, 0.25) is 0 Å². The topological polar surface area (TPSA) is 46.9 Å². The van der Waals surface area contributed by atoms with Gasteiger partial charge in [0.05, 0.1) is 0 Å². The predicted molar refractivity (Wildman–Crippen MR) is 58.5 cm³/mol. The van der Waals surface area contributed by atoms with E-state index in [1.165, 1.54) is 0 Å². The number of halogens is 1. The second-order valence-corrected chi connectivity index (χ2v) is 4.35. The van der Waals surface area contributed by atoms with Crippen molar-refractivity contribution >= 4 is 21.8 Å². The smallest absolute Gasteiger partial charge is 0.269 e. The van der Waals surface area contributed by atoms with Crippen LogP contribution in [0.25, 0.3) is 0 Å². The first kappa shape index (κ1) is 11.2. The first-order chi connectivity index (χ1) is 6.65. The molecule has 1 aromatic rings. The maximum Gasteiger partial charge on any atom is 0.269 e. The van der Waals surface area contributed by atoms with E-state index in [9.17, 15) is 4.79 Å². The lowest BCUT2D eigenvalue weighted by molar-refractivity contribution is 0.0944. The summed E-state index contributed by atoms with van der Waals surface area (Å²) < 4.78 is 1.56. The van der Waals surface area contributed by atoms with Crippen LogP contribution >= 0.6 is 15.9 Å². The SMILES string of the molecule is CCC(Br)CNC(=O)c1ccnn1C. The van der Waals surface area contributed by atoms with E-state index in [0.29, 0.717) is 17.1 Å². The van der Waals surface area contributed by atoms with Crippen LogP contribution in [-0.2, 0) is 7.05 Å². The summed E-state index contributed by atoms with van der Waals surface area (Å²) in [5.74, 6) is -0.0806. The highest BCUT2D eigenvalue weighted by atomic mass is 79.9. The average molecular weight is 260 g/mol. The zero-order valence-corrected chi connectivity index (χ0v) is 9.91. The van der Waals surface area contributed by atoms with Gasteiger partial charge < -0.3 is 5.32 Å². The van der Waals surface area contributed by atoms with Gasteiger partial charge in [-0.3, -0.25) is 9.48 Å².